The van der Waals surface area contributed by atoms with E-state index in [2.05, 4.69) is 4.74 Å². The zero-order chi connectivity index (χ0) is 21.4. The molecule has 0 bridgehead atoms. The number of ether oxygens (including phenoxy) is 3. The molecule has 2 aromatic rings. The van der Waals surface area contributed by atoms with Crippen molar-refractivity contribution in [2.75, 3.05) is 19.1 Å². The fraction of sp³-hybridized carbons (Fsp3) is 0.238. The lowest BCUT2D eigenvalue weighted by molar-refractivity contribution is -0.148. The number of amides is 1. The number of hydrogen-bond donors (Lipinski definition) is 0. The smallest absolute Gasteiger partial charge is 0.387 e. The molecule has 2 aromatic carbocycles. The van der Waals surface area contributed by atoms with Gasteiger partial charge in [-0.3, -0.25) is 4.79 Å². The first-order valence-electron chi connectivity index (χ1n) is 8.66. The second-order valence-electron chi connectivity index (χ2n) is 5.93. The molecule has 0 saturated carbocycles. The van der Waals surface area contributed by atoms with Gasteiger partial charge in [-0.25, -0.2) is 4.79 Å². The van der Waals surface area contributed by atoms with Gasteiger partial charge in [-0.1, -0.05) is 24.3 Å². The summed E-state index contributed by atoms with van der Waals surface area (Å²) in [7, 11) is 2.90. The van der Waals surface area contributed by atoms with Crippen molar-refractivity contribution in [2.24, 2.45) is 0 Å². The first-order valence-corrected chi connectivity index (χ1v) is 8.66. The lowest BCUT2D eigenvalue weighted by Crippen LogP contribution is -2.37. The summed E-state index contributed by atoms with van der Waals surface area (Å²) in [5, 5.41) is 0. The molecule has 0 fully saturated rings. The molecule has 0 saturated heterocycles. The number of benzene rings is 2. The Morgan fingerprint density at radius 2 is 1.76 bits per heavy atom. The number of anilines is 1. The van der Waals surface area contributed by atoms with Crippen molar-refractivity contribution in [1.82, 2.24) is 0 Å². The largest absolute Gasteiger partial charge is 0.493 e. The Kier molecular flexibility index (Phi) is 7.70. The zero-order valence-corrected chi connectivity index (χ0v) is 16.2. The van der Waals surface area contributed by atoms with E-state index in [0.29, 0.717) is 11.3 Å². The Hall–Kier alpha value is -3.42. The van der Waals surface area contributed by atoms with Crippen molar-refractivity contribution in [3.05, 3.63) is 60.2 Å². The highest BCUT2D eigenvalue weighted by atomic mass is 19.3. The van der Waals surface area contributed by atoms with Gasteiger partial charge in [0.25, 0.3) is 5.91 Å². The van der Waals surface area contributed by atoms with Crippen LogP contribution in [0.15, 0.2) is 54.6 Å². The quantitative estimate of drug-likeness (QED) is 0.492. The van der Waals surface area contributed by atoms with Gasteiger partial charge in [0.05, 0.1) is 7.11 Å². The number of rotatable bonds is 8. The van der Waals surface area contributed by atoms with Gasteiger partial charge < -0.3 is 19.1 Å². The number of nitrogens with zero attached hydrogens (tertiary/aromatic N) is 1. The lowest BCUT2D eigenvalue weighted by atomic mass is 10.2. The van der Waals surface area contributed by atoms with Crippen LogP contribution in [-0.2, 0) is 14.3 Å². The molecule has 2 rings (SSSR count). The number of hydrogen-bond acceptors (Lipinski definition) is 5. The van der Waals surface area contributed by atoms with E-state index < -0.39 is 18.7 Å². The Morgan fingerprint density at radius 1 is 1.07 bits per heavy atom. The van der Waals surface area contributed by atoms with E-state index in [0.717, 1.165) is 6.08 Å². The highest BCUT2D eigenvalue weighted by Gasteiger charge is 2.21. The highest BCUT2D eigenvalue weighted by Crippen LogP contribution is 2.29. The third kappa shape index (κ3) is 6.31. The van der Waals surface area contributed by atoms with Gasteiger partial charge in [0.1, 0.15) is 0 Å². The average molecular weight is 405 g/mol. The van der Waals surface area contributed by atoms with E-state index in [4.69, 9.17) is 9.47 Å². The molecule has 0 heterocycles. The van der Waals surface area contributed by atoms with E-state index in [-0.39, 0.29) is 17.4 Å². The number of para-hydroxylation sites is 1. The molecule has 0 radical (unpaired) electrons. The van der Waals surface area contributed by atoms with Crippen molar-refractivity contribution in [3.8, 4) is 11.5 Å². The number of alkyl halides is 2. The van der Waals surface area contributed by atoms with Crippen molar-refractivity contribution in [3.63, 3.8) is 0 Å². The van der Waals surface area contributed by atoms with Crippen LogP contribution in [0.3, 0.4) is 0 Å². The molecule has 29 heavy (non-hydrogen) atoms. The monoisotopic (exact) mass is 405 g/mol. The van der Waals surface area contributed by atoms with Crippen molar-refractivity contribution < 1.29 is 32.6 Å². The first-order chi connectivity index (χ1) is 13.8. The molecular formula is C21H21F2NO5. The maximum atomic E-state index is 12.4. The molecule has 0 aliphatic carbocycles. The third-order valence-electron chi connectivity index (χ3n) is 3.93. The minimum Gasteiger partial charge on any atom is -0.493 e. The molecular weight excluding hydrogens is 384 g/mol. The molecule has 8 heteroatoms. The van der Waals surface area contributed by atoms with E-state index in [9.17, 15) is 18.4 Å². The van der Waals surface area contributed by atoms with Gasteiger partial charge in [0.15, 0.2) is 17.6 Å². The van der Waals surface area contributed by atoms with Crippen molar-refractivity contribution in [2.45, 2.75) is 19.6 Å². The van der Waals surface area contributed by atoms with Gasteiger partial charge >= 0.3 is 12.6 Å². The molecule has 0 aliphatic rings. The van der Waals surface area contributed by atoms with E-state index in [1.165, 1.54) is 43.2 Å². The summed E-state index contributed by atoms with van der Waals surface area (Å²) in [6.45, 7) is -1.50. The summed E-state index contributed by atoms with van der Waals surface area (Å²) in [4.78, 5) is 25.8. The van der Waals surface area contributed by atoms with Crippen molar-refractivity contribution in [1.29, 1.82) is 0 Å². The van der Waals surface area contributed by atoms with Gasteiger partial charge in [-0.15, -0.1) is 0 Å². The Labute approximate surface area is 167 Å². The number of esters is 1. The Morgan fingerprint density at radius 3 is 2.38 bits per heavy atom. The SMILES string of the molecule is COc1cc(/C=C/C(=O)O[C@H](C)C(=O)N(C)c2ccccc2)ccc1OC(F)F. The van der Waals surface area contributed by atoms with E-state index >= 15 is 0 Å². The van der Waals surface area contributed by atoms with Crippen LogP contribution < -0.4 is 14.4 Å². The maximum Gasteiger partial charge on any atom is 0.387 e. The fourth-order valence-electron chi connectivity index (χ4n) is 2.46. The summed E-state index contributed by atoms with van der Waals surface area (Å²) in [6, 6.07) is 13.2. The van der Waals surface area contributed by atoms with Crippen LogP contribution in [0.5, 0.6) is 11.5 Å². The number of halogens is 2. The van der Waals surface area contributed by atoms with Crippen LogP contribution in [0.1, 0.15) is 12.5 Å². The molecule has 154 valence electrons. The van der Waals surface area contributed by atoms with Crippen LogP contribution in [0.2, 0.25) is 0 Å². The second kappa shape index (κ2) is 10.2. The molecule has 0 unspecified atom stereocenters. The number of likely N-dealkylation sites (N-methyl/N-ethyl adjacent to an activating group) is 1. The Balaban J connectivity index is 1.99. The molecule has 1 atom stereocenters. The number of carbonyl (C=O) groups is 2. The van der Waals surface area contributed by atoms with Crippen molar-refractivity contribution >= 4 is 23.6 Å². The van der Waals surface area contributed by atoms with Crippen LogP contribution in [0.25, 0.3) is 6.08 Å². The fourth-order valence-corrected chi connectivity index (χ4v) is 2.46. The molecule has 0 spiro atoms. The highest BCUT2D eigenvalue weighted by molar-refractivity contribution is 5.98. The summed E-state index contributed by atoms with van der Waals surface area (Å²) in [6.07, 6.45) is 1.55. The van der Waals surface area contributed by atoms with Crippen LogP contribution in [0, 0.1) is 0 Å². The van der Waals surface area contributed by atoms with E-state index in [1.807, 2.05) is 6.07 Å². The molecule has 0 aromatic heterocycles. The first kappa shape index (κ1) is 21.9. The summed E-state index contributed by atoms with van der Waals surface area (Å²) in [5.74, 6) is -1.13. The third-order valence-corrected chi connectivity index (χ3v) is 3.93. The molecule has 6 nitrogen and oxygen atoms in total. The van der Waals surface area contributed by atoms with Gasteiger partial charge in [0.2, 0.25) is 0 Å². The van der Waals surface area contributed by atoms with Gasteiger partial charge in [0, 0.05) is 18.8 Å². The summed E-state index contributed by atoms with van der Waals surface area (Å²) >= 11 is 0. The molecule has 1 amide bonds. The lowest BCUT2D eigenvalue weighted by Gasteiger charge is -2.21. The zero-order valence-electron chi connectivity index (χ0n) is 16.2. The normalized spacial score (nSPS) is 11.9. The number of carbonyl (C=O) groups excluding carboxylic acids is 2. The minimum absolute atomic E-state index is 0.0915. The van der Waals surface area contributed by atoms with Gasteiger partial charge in [-0.2, -0.15) is 8.78 Å². The molecule has 0 aliphatic heterocycles. The van der Waals surface area contributed by atoms with E-state index in [1.54, 1.807) is 31.3 Å². The Bertz CT molecular complexity index is 871. The van der Waals surface area contributed by atoms with Crippen LogP contribution in [0.4, 0.5) is 14.5 Å². The average Bonchev–Trinajstić information content (AvgIpc) is 2.72. The predicted molar refractivity (Wildman–Crippen MR) is 104 cm³/mol. The minimum atomic E-state index is -2.98. The maximum absolute atomic E-state index is 12.4. The summed E-state index contributed by atoms with van der Waals surface area (Å²) < 4.78 is 39.2. The molecule has 0 N–H and O–H groups in total. The van der Waals surface area contributed by atoms with Gasteiger partial charge in [-0.05, 0) is 42.8 Å². The number of methoxy groups -OCH3 is 1. The van der Waals surface area contributed by atoms with Crippen LogP contribution in [-0.4, -0.2) is 38.7 Å². The van der Waals surface area contributed by atoms with Crippen LogP contribution >= 0.6 is 0 Å². The standard InChI is InChI=1S/C21H21F2NO5/c1-14(20(26)24(2)16-7-5-4-6-8-16)28-19(25)12-10-15-9-11-17(29-21(22)23)18(13-15)27-3/h4-14,21H,1-3H3/b12-10+/t14-/m1/s1. The topological polar surface area (TPSA) is 65.1 Å². The summed E-state index contributed by atoms with van der Waals surface area (Å²) in [5.41, 5.74) is 1.18. The predicted octanol–water partition coefficient (Wildman–Crippen LogP) is 3.90. The second-order valence-corrected chi connectivity index (χ2v) is 5.93.